The highest BCUT2D eigenvalue weighted by Crippen LogP contribution is 2.15. The Balaban J connectivity index is 1.82. The molecule has 8 heteroatoms. The third kappa shape index (κ3) is 6.33. The molecule has 2 N–H and O–H groups in total. The number of carbonyl (C=O) groups excluding carboxylic acids is 2. The zero-order valence-corrected chi connectivity index (χ0v) is 16.1. The second kappa shape index (κ2) is 9.02. The highest BCUT2D eigenvalue weighted by atomic mass is 32.2. The van der Waals surface area contributed by atoms with Crippen LogP contribution in [-0.4, -0.2) is 50.5 Å². The number of sulfonamides is 1. The molecule has 0 aromatic heterocycles. The van der Waals surface area contributed by atoms with Gasteiger partial charge in [-0.1, -0.05) is 13.3 Å². The molecule has 1 fully saturated rings. The number of nitrogens with one attached hydrogen (secondary N) is 2. The zero-order valence-electron chi connectivity index (χ0n) is 15.3. The number of benzene rings is 1. The summed E-state index contributed by atoms with van der Waals surface area (Å²) in [5.74, 6) is 0.0113. The number of likely N-dealkylation sites (tertiary alicyclic amines) is 1. The SMILES string of the molecule is CCCCC(=O)N1CCC(NC(=O)c2ccc(NS(C)(=O)=O)cc2)CC1. The van der Waals surface area contributed by atoms with Crippen molar-refractivity contribution in [1.29, 1.82) is 0 Å². The number of piperidine rings is 1. The Morgan fingerprint density at radius 3 is 2.31 bits per heavy atom. The Morgan fingerprint density at radius 1 is 1.15 bits per heavy atom. The molecule has 0 saturated carbocycles. The number of unbranched alkanes of at least 4 members (excludes halogenated alkanes) is 1. The molecule has 26 heavy (non-hydrogen) atoms. The van der Waals surface area contributed by atoms with E-state index >= 15 is 0 Å². The topological polar surface area (TPSA) is 95.6 Å². The summed E-state index contributed by atoms with van der Waals surface area (Å²) in [6.45, 7) is 3.41. The van der Waals surface area contributed by atoms with E-state index in [9.17, 15) is 18.0 Å². The van der Waals surface area contributed by atoms with Gasteiger partial charge in [0.1, 0.15) is 0 Å². The second-order valence-electron chi connectivity index (χ2n) is 6.68. The fraction of sp³-hybridized carbons (Fsp3) is 0.556. The quantitative estimate of drug-likeness (QED) is 0.755. The molecule has 144 valence electrons. The van der Waals surface area contributed by atoms with Crippen molar-refractivity contribution in [2.75, 3.05) is 24.1 Å². The number of amides is 2. The molecule has 0 atom stereocenters. The normalized spacial score (nSPS) is 15.5. The summed E-state index contributed by atoms with van der Waals surface area (Å²) >= 11 is 0. The number of hydrogen-bond acceptors (Lipinski definition) is 4. The van der Waals surface area contributed by atoms with Crippen LogP contribution in [0.15, 0.2) is 24.3 Å². The molecule has 0 unspecified atom stereocenters. The van der Waals surface area contributed by atoms with Crippen LogP contribution in [0, 0.1) is 0 Å². The fourth-order valence-corrected chi connectivity index (χ4v) is 3.50. The van der Waals surface area contributed by atoms with Crippen LogP contribution in [0.2, 0.25) is 0 Å². The summed E-state index contributed by atoms with van der Waals surface area (Å²) in [4.78, 5) is 26.2. The molecule has 2 amide bonds. The summed E-state index contributed by atoms with van der Waals surface area (Å²) in [5, 5.41) is 2.99. The first-order valence-corrected chi connectivity index (χ1v) is 10.8. The minimum atomic E-state index is -3.33. The Labute approximate surface area is 155 Å². The van der Waals surface area contributed by atoms with Crippen LogP contribution < -0.4 is 10.0 Å². The lowest BCUT2D eigenvalue weighted by Crippen LogP contribution is -2.46. The van der Waals surface area contributed by atoms with Crippen molar-refractivity contribution in [3.63, 3.8) is 0 Å². The van der Waals surface area contributed by atoms with Gasteiger partial charge in [0.2, 0.25) is 15.9 Å². The van der Waals surface area contributed by atoms with Gasteiger partial charge in [-0.05, 0) is 43.5 Å². The summed E-state index contributed by atoms with van der Waals surface area (Å²) < 4.78 is 24.8. The maximum atomic E-state index is 12.3. The summed E-state index contributed by atoms with van der Waals surface area (Å²) in [5.41, 5.74) is 0.897. The van der Waals surface area contributed by atoms with Crippen molar-refractivity contribution in [2.24, 2.45) is 0 Å². The average molecular weight is 381 g/mol. The Morgan fingerprint density at radius 2 is 1.77 bits per heavy atom. The molecule has 1 aromatic carbocycles. The van der Waals surface area contributed by atoms with Crippen LogP contribution in [0.5, 0.6) is 0 Å². The number of rotatable bonds is 7. The molecule has 1 heterocycles. The van der Waals surface area contributed by atoms with Crippen LogP contribution in [0.25, 0.3) is 0 Å². The van der Waals surface area contributed by atoms with E-state index in [4.69, 9.17) is 0 Å². The first-order valence-electron chi connectivity index (χ1n) is 8.95. The number of nitrogens with zero attached hydrogens (tertiary/aromatic N) is 1. The van der Waals surface area contributed by atoms with Crippen molar-refractivity contribution in [3.05, 3.63) is 29.8 Å². The highest BCUT2D eigenvalue weighted by Gasteiger charge is 2.23. The standard InChI is InChI=1S/C18H27N3O4S/c1-3-4-5-17(22)21-12-10-15(11-13-21)19-18(23)14-6-8-16(9-7-14)20-26(2,24)25/h6-9,15,20H,3-5,10-13H2,1-2H3,(H,19,23). The molecular weight excluding hydrogens is 354 g/mol. The van der Waals surface area contributed by atoms with E-state index in [1.807, 2.05) is 4.90 Å². The van der Waals surface area contributed by atoms with Crippen molar-refractivity contribution in [1.82, 2.24) is 10.2 Å². The molecule has 2 rings (SSSR count). The Bertz CT molecular complexity index is 723. The smallest absolute Gasteiger partial charge is 0.251 e. The minimum Gasteiger partial charge on any atom is -0.349 e. The van der Waals surface area contributed by atoms with E-state index in [0.717, 1.165) is 31.9 Å². The van der Waals surface area contributed by atoms with Crippen LogP contribution in [0.1, 0.15) is 49.4 Å². The van der Waals surface area contributed by atoms with Gasteiger partial charge < -0.3 is 10.2 Å². The molecular formula is C18H27N3O4S. The van der Waals surface area contributed by atoms with Crippen molar-refractivity contribution in [2.45, 2.75) is 45.1 Å². The first-order chi connectivity index (χ1) is 12.3. The Hall–Kier alpha value is -2.09. The van der Waals surface area contributed by atoms with E-state index in [-0.39, 0.29) is 17.9 Å². The fourth-order valence-electron chi connectivity index (χ4n) is 2.93. The summed E-state index contributed by atoms with van der Waals surface area (Å²) in [6.07, 6.45) is 5.10. The van der Waals surface area contributed by atoms with Gasteiger partial charge in [0, 0.05) is 36.8 Å². The van der Waals surface area contributed by atoms with E-state index in [1.165, 1.54) is 0 Å². The van der Waals surface area contributed by atoms with E-state index in [0.29, 0.717) is 30.8 Å². The van der Waals surface area contributed by atoms with Gasteiger partial charge >= 0.3 is 0 Å². The van der Waals surface area contributed by atoms with Crippen molar-refractivity contribution < 1.29 is 18.0 Å². The summed E-state index contributed by atoms with van der Waals surface area (Å²) in [7, 11) is -3.33. The predicted molar refractivity (Wildman–Crippen MR) is 102 cm³/mol. The van der Waals surface area contributed by atoms with Gasteiger partial charge in [-0.15, -0.1) is 0 Å². The summed E-state index contributed by atoms with van der Waals surface area (Å²) in [6, 6.07) is 6.35. The molecule has 1 saturated heterocycles. The highest BCUT2D eigenvalue weighted by molar-refractivity contribution is 7.92. The monoisotopic (exact) mass is 381 g/mol. The molecule has 1 aromatic rings. The molecule has 1 aliphatic rings. The van der Waals surface area contributed by atoms with E-state index in [2.05, 4.69) is 17.0 Å². The maximum Gasteiger partial charge on any atom is 0.251 e. The largest absolute Gasteiger partial charge is 0.349 e. The predicted octanol–water partition coefficient (Wildman–Crippen LogP) is 1.97. The van der Waals surface area contributed by atoms with Crippen molar-refractivity contribution in [3.8, 4) is 0 Å². The molecule has 1 aliphatic heterocycles. The average Bonchev–Trinajstić information content (AvgIpc) is 2.59. The molecule has 0 bridgehead atoms. The lowest BCUT2D eigenvalue weighted by molar-refractivity contribution is -0.132. The maximum absolute atomic E-state index is 12.3. The van der Waals surface area contributed by atoms with Gasteiger partial charge in [-0.2, -0.15) is 0 Å². The molecule has 0 aliphatic carbocycles. The van der Waals surface area contributed by atoms with E-state index < -0.39 is 10.0 Å². The number of anilines is 1. The van der Waals surface area contributed by atoms with Crippen LogP contribution in [0.3, 0.4) is 0 Å². The Kier molecular flexibility index (Phi) is 7.02. The molecule has 7 nitrogen and oxygen atoms in total. The van der Waals surface area contributed by atoms with Gasteiger partial charge in [0.15, 0.2) is 0 Å². The molecule has 0 spiro atoms. The third-order valence-corrected chi connectivity index (χ3v) is 4.98. The van der Waals surface area contributed by atoms with Crippen molar-refractivity contribution >= 4 is 27.5 Å². The lowest BCUT2D eigenvalue weighted by atomic mass is 10.0. The third-order valence-electron chi connectivity index (χ3n) is 4.38. The van der Waals surface area contributed by atoms with Gasteiger partial charge in [0.25, 0.3) is 5.91 Å². The minimum absolute atomic E-state index is 0.0477. The molecule has 0 radical (unpaired) electrons. The van der Waals surface area contributed by atoms with Gasteiger partial charge in [-0.3, -0.25) is 14.3 Å². The number of carbonyl (C=O) groups is 2. The van der Waals surface area contributed by atoms with E-state index in [1.54, 1.807) is 24.3 Å². The first kappa shape index (κ1) is 20.2. The zero-order chi connectivity index (χ0) is 19.2. The van der Waals surface area contributed by atoms with Crippen LogP contribution >= 0.6 is 0 Å². The van der Waals surface area contributed by atoms with Crippen LogP contribution in [-0.2, 0) is 14.8 Å². The van der Waals surface area contributed by atoms with Crippen LogP contribution in [0.4, 0.5) is 5.69 Å². The second-order valence-corrected chi connectivity index (χ2v) is 8.43. The van der Waals surface area contributed by atoms with Gasteiger partial charge in [-0.25, -0.2) is 8.42 Å². The van der Waals surface area contributed by atoms with Gasteiger partial charge in [0.05, 0.1) is 6.26 Å². The number of hydrogen-bond donors (Lipinski definition) is 2. The lowest BCUT2D eigenvalue weighted by Gasteiger charge is -2.32.